The Kier molecular flexibility index (Phi) is 6.97. The molecule has 3 rings (SSSR count). The zero-order chi connectivity index (χ0) is 21.6. The number of hydrogen-bond acceptors (Lipinski definition) is 5. The predicted molar refractivity (Wildman–Crippen MR) is 118 cm³/mol. The number of nitrogens with zero attached hydrogens (tertiary/aromatic N) is 1. The molecule has 156 valence electrons. The van der Waals surface area contributed by atoms with Crippen LogP contribution in [-0.4, -0.2) is 21.7 Å². The van der Waals surface area contributed by atoms with Gasteiger partial charge in [-0.3, -0.25) is 0 Å². The van der Waals surface area contributed by atoms with Crippen molar-refractivity contribution in [1.29, 1.82) is 0 Å². The van der Waals surface area contributed by atoms with Crippen LogP contribution in [0.4, 0.5) is 0 Å². The maximum atomic E-state index is 12.3. The van der Waals surface area contributed by atoms with Crippen LogP contribution >= 0.6 is 11.6 Å². The molecular weight excluding hydrogens is 424 g/mol. The van der Waals surface area contributed by atoms with E-state index < -0.39 is 10.0 Å². The molecular formula is C22H21ClN2O4S. The number of hydrazone groups is 1. The summed E-state index contributed by atoms with van der Waals surface area (Å²) < 4.78 is 35.8. The van der Waals surface area contributed by atoms with E-state index in [1.165, 1.54) is 18.3 Å². The highest BCUT2D eigenvalue weighted by Crippen LogP contribution is 2.29. The van der Waals surface area contributed by atoms with E-state index >= 15 is 0 Å². The Morgan fingerprint density at radius 3 is 2.47 bits per heavy atom. The first-order valence-electron chi connectivity index (χ1n) is 9.05. The Labute approximate surface area is 181 Å². The molecule has 0 radical (unpaired) electrons. The molecule has 0 unspecified atom stereocenters. The molecule has 30 heavy (non-hydrogen) atoms. The molecule has 0 bridgehead atoms. The molecule has 0 aromatic heterocycles. The lowest BCUT2D eigenvalue weighted by Crippen LogP contribution is -2.18. The summed E-state index contributed by atoms with van der Waals surface area (Å²) in [7, 11) is -2.20. The van der Waals surface area contributed by atoms with Crippen molar-refractivity contribution in [2.75, 3.05) is 7.11 Å². The molecule has 0 saturated heterocycles. The lowest BCUT2D eigenvalue weighted by Gasteiger charge is -2.12. The molecule has 3 aromatic carbocycles. The fourth-order valence-electron chi connectivity index (χ4n) is 2.60. The summed E-state index contributed by atoms with van der Waals surface area (Å²) in [5.41, 5.74) is 2.45. The quantitative estimate of drug-likeness (QED) is 0.408. The molecule has 0 aliphatic rings. The number of ether oxygens (including phenoxy) is 2. The molecule has 0 aliphatic heterocycles. The molecule has 0 saturated carbocycles. The van der Waals surface area contributed by atoms with E-state index in [1.54, 1.807) is 43.5 Å². The summed E-state index contributed by atoms with van der Waals surface area (Å²) in [6.45, 7) is 2.15. The third-order valence-electron chi connectivity index (χ3n) is 4.25. The Balaban J connectivity index is 1.72. The van der Waals surface area contributed by atoms with Gasteiger partial charge in [-0.15, -0.1) is 0 Å². The molecule has 0 atom stereocenters. The molecule has 0 aliphatic carbocycles. The van der Waals surface area contributed by atoms with Crippen LogP contribution in [0.25, 0.3) is 0 Å². The summed E-state index contributed by atoms with van der Waals surface area (Å²) in [6, 6.07) is 19.1. The predicted octanol–water partition coefficient (Wildman–Crippen LogP) is 4.55. The van der Waals surface area contributed by atoms with Crippen LogP contribution < -0.4 is 14.3 Å². The Morgan fingerprint density at radius 1 is 1.03 bits per heavy atom. The molecule has 3 aromatic rings. The second-order valence-corrected chi connectivity index (χ2v) is 8.52. The molecule has 0 spiro atoms. The average Bonchev–Trinajstić information content (AvgIpc) is 2.73. The minimum Gasteiger partial charge on any atom is -0.493 e. The average molecular weight is 445 g/mol. The standard InChI is InChI=1S/C22H21ClN2O4S/c1-16-7-10-19(11-8-16)30(26,27)25-24-14-17-9-12-21(28-2)22(13-17)29-15-18-5-3-4-6-20(18)23/h3-14,25H,15H2,1-2H3/b24-14-. The number of hydrogen-bond donors (Lipinski definition) is 1. The van der Waals surface area contributed by atoms with E-state index in [2.05, 4.69) is 9.93 Å². The van der Waals surface area contributed by atoms with Gasteiger partial charge in [-0.1, -0.05) is 47.5 Å². The third-order valence-corrected chi connectivity index (χ3v) is 5.85. The zero-order valence-electron chi connectivity index (χ0n) is 16.5. The number of nitrogens with one attached hydrogen (secondary N) is 1. The van der Waals surface area contributed by atoms with Crippen molar-refractivity contribution in [2.24, 2.45) is 5.10 Å². The Morgan fingerprint density at radius 2 is 1.77 bits per heavy atom. The first-order chi connectivity index (χ1) is 14.4. The topological polar surface area (TPSA) is 77.0 Å². The third kappa shape index (κ3) is 5.52. The highest BCUT2D eigenvalue weighted by molar-refractivity contribution is 7.89. The fourth-order valence-corrected chi connectivity index (χ4v) is 3.58. The van der Waals surface area contributed by atoms with Gasteiger partial charge in [0.25, 0.3) is 10.0 Å². The van der Waals surface area contributed by atoms with Crippen LogP contribution in [0, 0.1) is 6.92 Å². The second kappa shape index (κ2) is 9.65. The zero-order valence-corrected chi connectivity index (χ0v) is 18.1. The van der Waals surface area contributed by atoms with Crippen molar-refractivity contribution < 1.29 is 17.9 Å². The maximum absolute atomic E-state index is 12.3. The van der Waals surface area contributed by atoms with Gasteiger partial charge in [0.05, 0.1) is 18.2 Å². The van der Waals surface area contributed by atoms with E-state index in [1.807, 2.05) is 25.1 Å². The van der Waals surface area contributed by atoms with Gasteiger partial charge in [-0.2, -0.15) is 13.5 Å². The molecule has 8 heteroatoms. The number of rotatable bonds is 8. The smallest absolute Gasteiger partial charge is 0.276 e. The number of sulfonamides is 1. The molecule has 1 N–H and O–H groups in total. The summed E-state index contributed by atoms with van der Waals surface area (Å²) in [5, 5.41) is 4.47. The van der Waals surface area contributed by atoms with Crippen molar-refractivity contribution in [2.45, 2.75) is 18.4 Å². The van der Waals surface area contributed by atoms with E-state index in [0.717, 1.165) is 11.1 Å². The summed E-state index contributed by atoms with van der Waals surface area (Å²) in [6.07, 6.45) is 1.40. The molecule has 0 heterocycles. The van der Waals surface area contributed by atoms with Crippen molar-refractivity contribution >= 4 is 27.8 Å². The summed E-state index contributed by atoms with van der Waals surface area (Å²) in [5.74, 6) is 1.03. The van der Waals surface area contributed by atoms with Gasteiger partial charge >= 0.3 is 0 Å². The van der Waals surface area contributed by atoms with Gasteiger partial charge in [0, 0.05) is 10.6 Å². The fraction of sp³-hybridized carbons (Fsp3) is 0.136. The van der Waals surface area contributed by atoms with Gasteiger partial charge in [-0.25, -0.2) is 4.83 Å². The minimum atomic E-state index is -3.74. The molecule has 6 nitrogen and oxygen atoms in total. The minimum absolute atomic E-state index is 0.142. The van der Waals surface area contributed by atoms with Crippen LogP contribution in [-0.2, 0) is 16.6 Å². The Hall–Kier alpha value is -3.03. The Bertz CT molecular complexity index is 1150. The van der Waals surface area contributed by atoms with Crippen LogP contribution in [0.5, 0.6) is 11.5 Å². The van der Waals surface area contributed by atoms with Gasteiger partial charge in [0.15, 0.2) is 11.5 Å². The van der Waals surface area contributed by atoms with Crippen molar-refractivity contribution in [3.8, 4) is 11.5 Å². The molecule has 0 amide bonds. The van der Waals surface area contributed by atoms with Crippen LogP contribution in [0.15, 0.2) is 76.7 Å². The van der Waals surface area contributed by atoms with E-state index in [0.29, 0.717) is 22.1 Å². The normalized spacial score (nSPS) is 11.4. The van der Waals surface area contributed by atoms with Crippen molar-refractivity contribution in [3.63, 3.8) is 0 Å². The van der Waals surface area contributed by atoms with Crippen LogP contribution in [0.1, 0.15) is 16.7 Å². The highest BCUT2D eigenvalue weighted by atomic mass is 35.5. The van der Waals surface area contributed by atoms with Gasteiger partial charge in [0.2, 0.25) is 0 Å². The van der Waals surface area contributed by atoms with E-state index in [9.17, 15) is 8.42 Å². The number of methoxy groups -OCH3 is 1. The van der Waals surface area contributed by atoms with Crippen LogP contribution in [0.3, 0.4) is 0 Å². The maximum Gasteiger partial charge on any atom is 0.276 e. The first kappa shape index (κ1) is 21.7. The number of aryl methyl sites for hydroxylation is 1. The van der Waals surface area contributed by atoms with Gasteiger partial charge in [-0.05, 0) is 48.9 Å². The lowest BCUT2D eigenvalue weighted by molar-refractivity contribution is 0.284. The SMILES string of the molecule is COc1ccc(/C=N\NS(=O)(=O)c2ccc(C)cc2)cc1OCc1ccccc1Cl. The number of halogens is 1. The first-order valence-corrected chi connectivity index (χ1v) is 10.9. The van der Waals surface area contributed by atoms with Gasteiger partial charge in [0.1, 0.15) is 6.61 Å². The summed E-state index contributed by atoms with van der Waals surface area (Å²) in [4.78, 5) is 2.35. The lowest BCUT2D eigenvalue weighted by atomic mass is 10.2. The largest absolute Gasteiger partial charge is 0.493 e. The highest BCUT2D eigenvalue weighted by Gasteiger charge is 2.12. The number of benzene rings is 3. The van der Waals surface area contributed by atoms with Crippen LogP contribution in [0.2, 0.25) is 5.02 Å². The monoisotopic (exact) mass is 444 g/mol. The van der Waals surface area contributed by atoms with Gasteiger partial charge < -0.3 is 9.47 Å². The van der Waals surface area contributed by atoms with Crippen molar-refractivity contribution in [3.05, 3.63) is 88.4 Å². The second-order valence-electron chi connectivity index (χ2n) is 6.46. The van der Waals surface area contributed by atoms with E-state index in [-0.39, 0.29) is 11.5 Å². The van der Waals surface area contributed by atoms with E-state index in [4.69, 9.17) is 21.1 Å². The summed E-state index contributed by atoms with van der Waals surface area (Å²) >= 11 is 6.17. The molecule has 0 fully saturated rings. The van der Waals surface area contributed by atoms with Crippen molar-refractivity contribution in [1.82, 2.24) is 4.83 Å².